The van der Waals surface area contributed by atoms with Crippen LogP contribution in [0.4, 0.5) is 4.79 Å². The summed E-state index contributed by atoms with van der Waals surface area (Å²) in [6.45, 7) is 5.88. The zero-order chi connectivity index (χ0) is 17.1. The average molecular weight is 320 g/mol. The third kappa shape index (κ3) is 3.81. The highest BCUT2D eigenvalue weighted by Crippen LogP contribution is 2.35. The van der Waals surface area contributed by atoms with Gasteiger partial charge in [0.25, 0.3) is 0 Å². The number of carbonyl (C=O) groups excluding carboxylic acids is 2. The Morgan fingerprint density at radius 2 is 2.09 bits per heavy atom. The van der Waals surface area contributed by atoms with Crippen molar-refractivity contribution in [3.05, 3.63) is 30.1 Å². The summed E-state index contributed by atoms with van der Waals surface area (Å²) in [7, 11) is 1.34. The molecule has 1 aromatic heterocycles. The van der Waals surface area contributed by atoms with Gasteiger partial charge >= 0.3 is 12.1 Å². The molecule has 6 nitrogen and oxygen atoms in total. The molecule has 23 heavy (non-hydrogen) atoms. The fraction of sp³-hybridized carbons (Fsp3) is 0.588. The van der Waals surface area contributed by atoms with Crippen molar-refractivity contribution >= 4 is 12.1 Å². The van der Waals surface area contributed by atoms with E-state index < -0.39 is 23.2 Å². The topological polar surface area (TPSA) is 68.7 Å². The number of amides is 1. The van der Waals surface area contributed by atoms with Crippen LogP contribution in [0.1, 0.15) is 39.3 Å². The molecule has 6 heteroatoms. The van der Waals surface area contributed by atoms with Crippen LogP contribution in [0.2, 0.25) is 0 Å². The Balaban J connectivity index is 2.32. The van der Waals surface area contributed by atoms with E-state index in [2.05, 4.69) is 4.98 Å². The molecule has 0 N–H and O–H groups in total. The maximum atomic E-state index is 12.6. The van der Waals surface area contributed by atoms with Crippen molar-refractivity contribution in [1.82, 2.24) is 9.88 Å². The van der Waals surface area contributed by atoms with Gasteiger partial charge in [0.1, 0.15) is 11.1 Å². The number of pyridine rings is 1. The van der Waals surface area contributed by atoms with Gasteiger partial charge in [-0.2, -0.15) is 0 Å². The van der Waals surface area contributed by atoms with Crippen LogP contribution in [0.5, 0.6) is 0 Å². The first-order valence-corrected chi connectivity index (χ1v) is 7.77. The van der Waals surface area contributed by atoms with Gasteiger partial charge in [-0.25, -0.2) is 9.59 Å². The maximum Gasteiger partial charge on any atom is 0.411 e. The molecule has 0 saturated carbocycles. The van der Waals surface area contributed by atoms with Crippen LogP contribution in [0.15, 0.2) is 24.4 Å². The van der Waals surface area contributed by atoms with Crippen molar-refractivity contribution < 1.29 is 19.1 Å². The number of rotatable bonds is 3. The van der Waals surface area contributed by atoms with Gasteiger partial charge in [-0.3, -0.25) is 9.88 Å². The molecule has 0 radical (unpaired) electrons. The highest BCUT2D eigenvalue weighted by atomic mass is 16.6. The molecule has 2 rings (SSSR count). The minimum absolute atomic E-state index is 0.319. The summed E-state index contributed by atoms with van der Waals surface area (Å²) in [4.78, 5) is 30.9. The lowest BCUT2D eigenvalue weighted by Crippen LogP contribution is -2.56. The number of carbonyl (C=O) groups is 2. The highest BCUT2D eigenvalue weighted by Gasteiger charge is 2.52. The van der Waals surface area contributed by atoms with Gasteiger partial charge in [0.15, 0.2) is 0 Å². The zero-order valence-electron chi connectivity index (χ0n) is 14.2. The summed E-state index contributed by atoms with van der Waals surface area (Å²) in [6.07, 6.45) is 2.76. The first-order chi connectivity index (χ1) is 10.8. The van der Waals surface area contributed by atoms with E-state index in [9.17, 15) is 9.59 Å². The number of esters is 1. The van der Waals surface area contributed by atoms with Crippen LogP contribution >= 0.6 is 0 Å². The normalized spacial score (nSPS) is 21.1. The first-order valence-electron chi connectivity index (χ1n) is 7.77. The second kappa shape index (κ2) is 6.56. The van der Waals surface area contributed by atoms with Crippen molar-refractivity contribution in [2.45, 2.75) is 51.2 Å². The quantitative estimate of drug-likeness (QED) is 0.801. The molecule has 1 amide bonds. The minimum Gasteiger partial charge on any atom is -0.467 e. The Bertz CT molecular complexity index is 568. The SMILES string of the molecule is COC(=O)C1(Cc2ccccn2)CCCN1C(=O)OC(C)(C)C. The fourth-order valence-corrected chi connectivity index (χ4v) is 2.92. The third-order valence-electron chi connectivity index (χ3n) is 3.87. The summed E-state index contributed by atoms with van der Waals surface area (Å²) < 4.78 is 10.5. The van der Waals surface area contributed by atoms with Crippen molar-refractivity contribution in [2.75, 3.05) is 13.7 Å². The maximum absolute atomic E-state index is 12.6. The zero-order valence-corrected chi connectivity index (χ0v) is 14.2. The van der Waals surface area contributed by atoms with Crippen LogP contribution in [-0.2, 0) is 20.7 Å². The molecule has 0 aromatic carbocycles. The van der Waals surface area contributed by atoms with Gasteiger partial charge in [0.05, 0.1) is 7.11 Å². The van der Waals surface area contributed by atoms with Crippen molar-refractivity contribution in [1.29, 1.82) is 0 Å². The molecular weight excluding hydrogens is 296 g/mol. The monoisotopic (exact) mass is 320 g/mol. The van der Waals surface area contributed by atoms with Gasteiger partial charge in [0, 0.05) is 24.9 Å². The third-order valence-corrected chi connectivity index (χ3v) is 3.87. The lowest BCUT2D eigenvalue weighted by Gasteiger charge is -2.36. The second-order valence-corrected chi connectivity index (χ2v) is 6.76. The van der Waals surface area contributed by atoms with Crippen molar-refractivity contribution in [2.24, 2.45) is 0 Å². The van der Waals surface area contributed by atoms with E-state index in [1.54, 1.807) is 27.0 Å². The Morgan fingerprint density at radius 3 is 2.65 bits per heavy atom. The van der Waals surface area contributed by atoms with E-state index in [-0.39, 0.29) is 0 Å². The molecule has 1 unspecified atom stereocenters. The summed E-state index contributed by atoms with van der Waals surface area (Å²) >= 11 is 0. The van der Waals surface area contributed by atoms with Crippen LogP contribution in [0.25, 0.3) is 0 Å². The number of likely N-dealkylation sites (tertiary alicyclic amines) is 1. The molecule has 2 heterocycles. The van der Waals surface area contributed by atoms with Gasteiger partial charge in [-0.15, -0.1) is 0 Å². The molecule has 126 valence electrons. The van der Waals surface area contributed by atoms with E-state index in [1.165, 1.54) is 12.0 Å². The predicted molar refractivity (Wildman–Crippen MR) is 84.9 cm³/mol. The Kier molecular flexibility index (Phi) is 4.92. The van der Waals surface area contributed by atoms with E-state index >= 15 is 0 Å². The molecule has 1 aliphatic rings. The largest absolute Gasteiger partial charge is 0.467 e. The molecule has 1 aromatic rings. The number of hydrogen-bond donors (Lipinski definition) is 0. The number of ether oxygens (including phenoxy) is 2. The fourth-order valence-electron chi connectivity index (χ4n) is 2.92. The number of nitrogens with zero attached hydrogens (tertiary/aromatic N) is 2. The van der Waals surface area contributed by atoms with Crippen molar-refractivity contribution in [3.8, 4) is 0 Å². The molecule has 0 bridgehead atoms. The number of aromatic nitrogens is 1. The smallest absolute Gasteiger partial charge is 0.411 e. The summed E-state index contributed by atoms with van der Waals surface area (Å²) in [5.41, 5.74) is -0.925. The second-order valence-electron chi connectivity index (χ2n) is 6.76. The van der Waals surface area contributed by atoms with E-state index in [0.717, 1.165) is 12.1 Å². The van der Waals surface area contributed by atoms with Crippen LogP contribution in [0.3, 0.4) is 0 Å². The van der Waals surface area contributed by atoms with Gasteiger partial charge in [-0.05, 0) is 45.7 Å². The Hall–Kier alpha value is -2.11. The van der Waals surface area contributed by atoms with Crippen LogP contribution < -0.4 is 0 Å². The van der Waals surface area contributed by atoms with Crippen LogP contribution in [0, 0.1) is 0 Å². The molecular formula is C17H24N2O4. The Labute approximate surface area is 136 Å². The number of methoxy groups -OCH3 is 1. The summed E-state index contributed by atoms with van der Waals surface area (Å²) in [5, 5.41) is 0. The van der Waals surface area contributed by atoms with Crippen LogP contribution in [-0.4, -0.2) is 46.7 Å². The van der Waals surface area contributed by atoms with E-state index in [1.807, 2.05) is 18.2 Å². The molecule has 1 atom stereocenters. The first kappa shape index (κ1) is 17.2. The standard InChI is InChI=1S/C17H24N2O4/c1-16(2,3)23-15(21)19-11-7-9-17(19,14(20)22-4)12-13-8-5-6-10-18-13/h5-6,8,10H,7,9,11-12H2,1-4H3. The van der Waals surface area contributed by atoms with Gasteiger partial charge in [0.2, 0.25) is 0 Å². The van der Waals surface area contributed by atoms with Gasteiger partial charge in [-0.1, -0.05) is 6.07 Å². The molecule has 0 aliphatic carbocycles. The lowest BCUT2D eigenvalue weighted by molar-refractivity contribution is -0.153. The van der Waals surface area contributed by atoms with Crippen molar-refractivity contribution in [3.63, 3.8) is 0 Å². The summed E-state index contributed by atoms with van der Waals surface area (Å²) in [6, 6.07) is 5.52. The number of hydrogen-bond acceptors (Lipinski definition) is 5. The summed E-state index contributed by atoms with van der Waals surface area (Å²) in [5.74, 6) is -0.425. The molecule has 1 aliphatic heterocycles. The van der Waals surface area contributed by atoms with E-state index in [0.29, 0.717) is 19.4 Å². The molecule has 1 fully saturated rings. The average Bonchev–Trinajstić information content (AvgIpc) is 2.90. The Morgan fingerprint density at radius 1 is 1.35 bits per heavy atom. The molecule has 0 spiro atoms. The minimum atomic E-state index is -1.05. The predicted octanol–water partition coefficient (Wildman–Crippen LogP) is 2.57. The highest BCUT2D eigenvalue weighted by molar-refractivity contribution is 5.87. The van der Waals surface area contributed by atoms with E-state index in [4.69, 9.17) is 9.47 Å². The molecule has 1 saturated heterocycles. The lowest BCUT2D eigenvalue weighted by atomic mass is 9.90. The van der Waals surface area contributed by atoms with Gasteiger partial charge < -0.3 is 9.47 Å².